The van der Waals surface area contributed by atoms with E-state index >= 15 is 0 Å². The SMILES string of the molecule is CCCCOC(=O)[C@@H](CC(=O)OC(C)(C)C)C(=O)OC1=CC[C@@]2(O)[C@H]3Cc4ccc(OC(=O)OC(C)(C)C)c5c4[C@@]2(CCN3C)[C@H]1O5. The van der Waals surface area contributed by atoms with Crippen molar-refractivity contribution in [2.75, 3.05) is 20.2 Å². The van der Waals surface area contributed by atoms with Crippen molar-refractivity contribution in [3.8, 4) is 11.5 Å². The average molecular weight is 658 g/mol. The summed E-state index contributed by atoms with van der Waals surface area (Å²) in [7, 11) is 1.97. The molecule has 12 nitrogen and oxygen atoms in total. The van der Waals surface area contributed by atoms with Crippen molar-refractivity contribution < 1.29 is 52.7 Å². The molecule has 1 aromatic rings. The van der Waals surface area contributed by atoms with Crippen molar-refractivity contribution in [1.29, 1.82) is 0 Å². The Morgan fingerprint density at radius 1 is 1.04 bits per heavy atom. The van der Waals surface area contributed by atoms with Crippen LogP contribution in [-0.4, -0.2) is 83.2 Å². The first-order valence-corrected chi connectivity index (χ1v) is 16.4. The molecule has 5 atom stereocenters. The zero-order valence-corrected chi connectivity index (χ0v) is 28.6. The lowest BCUT2D eigenvalue weighted by Gasteiger charge is -2.61. The molecule has 0 radical (unpaired) electrons. The number of likely N-dealkylation sites (N-methyl/N-ethyl adjacent to an activating group) is 1. The molecule has 258 valence electrons. The molecule has 5 rings (SSSR count). The van der Waals surface area contributed by atoms with Crippen LogP contribution in [0.3, 0.4) is 0 Å². The molecule has 1 spiro atoms. The van der Waals surface area contributed by atoms with E-state index in [1.54, 1.807) is 53.7 Å². The third kappa shape index (κ3) is 6.46. The van der Waals surface area contributed by atoms with E-state index < -0.39 is 64.7 Å². The largest absolute Gasteiger partial charge is 0.514 e. The number of carbonyl (C=O) groups is 4. The Hall–Kier alpha value is -3.64. The first-order valence-electron chi connectivity index (χ1n) is 16.4. The van der Waals surface area contributed by atoms with Gasteiger partial charge in [0.15, 0.2) is 23.5 Å². The summed E-state index contributed by atoms with van der Waals surface area (Å²) in [6, 6.07) is 3.25. The normalized spacial score (nSPS) is 26.6. The van der Waals surface area contributed by atoms with Gasteiger partial charge in [-0.1, -0.05) is 19.4 Å². The Morgan fingerprint density at radius 3 is 2.40 bits per heavy atom. The Bertz CT molecular complexity index is 1470. The molecule has 1 N–H and O–H groups in total. The fraction of sp³-hybridized carbons (Fsp3) is 0.657. The van der Waals surface area contributed by atoms with Crippen LogP contribution < -0.4 is 9.47 Å². The molecule has 0 unspecified atom stereocenters. The van der Waals surface area contributed by atoms with Gasteiger partial charge in [-0.3, -0.25) is 14.4 Å². The molecule has 1 saturated heterocycles. The molecule has 0 aromatic heterocycles. The van der Waals surface area contributed by atoms with Crippen molar-refractivity contribution in [3.05, 3.63) is 35.1 Å². The summed E-state index contributed by atoms with van der Waals surface area (Å²) >= 11 is 0. The van der Waals surface area contributed by atoms with Crippen LogP contribution in [0.4, 0.5) is 4.79 Å². The topological polar surface area (TPSA) is 147 Å². The van der Waals surface area contributed by atoms with E-state index in [0.717, 1.165) is 12.0 Å². The van der Waals surface area contributed by atoms with Crippen molar-refractivity contribution in [2.24, 2.45) is 5.92 Å². The van der Waals surface area contributed by atoms with E-state index in [1.807, 2.05) is 20.0 Å². The van der Waals surface area contributed by atoms with Gasteiger partial charge in [0.25, 0.3) is 0 Å². The molecule has 2 aliphatic heterocycles. The summed E-state index contributed by atoms with van der Waals surface area (Å²) in [6.07, 6.45) is 1.62. The number of likely N-dealkylation sites (tertiary alicyclic amines) is 1. The number of nitrogens with zero attached hydrogens (tertiary/aromatic N) is 1. The van der Waals surface area contributed by atoms with Gasteiger partial charge in [-0.15, -0.1) is 0 Å². The minimum atomic E-state index is -1.58. The minimum Gasteiger partial charge on any atom is -0.477 e. The Morgan fingerprint density at radius 2 is 1.74 bits per heavy atom. The number of ether oxygens (including phenoxy) is 6. The van der Waals surface area contributed by atoms with E-state index in [9.17, 15) is 24.3 Å². The standard InChI is InChI=1S/C35H47NO11/c1-9-10-17-42-29(38)21(19-25(37)46-32(2,3)4)30(39)43-23-13-14-35(41)24-18-20-11-12-22(44-31(40)47-33(5,6)7)27-26(20)34(35,28(23)45-27)15-16-36(24)8/h11-13,21,24,28,41H,9-10,14-19H2,1-8H3/t21-,24-,28+,34+,35-/m1/s1. The van der Waals surface area contributed by atoms with Crippen molar-refractivity contribution in [1.82, 2.24) is 4.90 Å². The van der Waals surface area contributed by atoms with E-state index in [-0.39, 0.29) is 36.3 Å². The molecule has 2 heterocycles. The second-order valence-electron chi connectivity index (χ2n) is 14.9. The van der Waals surface area contributed by atoms with Crippen LogP contribution in [0, 0.1) is 5.92 Å². The summed E-state index contributed by atoms with van der Waals surface area (Å²) in [6.45, 7) is 12.9. The summed E-state index contributed by atoms with van der Waals surface area (Å²) in [5, 5.41) is 12.5. The molecule has 0 saturated carbocycles. The third-order valence-corrected chi connectivity index (χ3v) is 9.24. The third-order valence-electron chi connectivity index (χ3n) is 9.24. The molecule has 2 aliphatic carbocycles. The maximum Gasteiger partial charge on any atom is 0.514 e. The highest BCUT2D eigenvalue weighted by molar-refractivity contribution is 5.98. The number of hydrogen-bond acceptors (Lipinski definition) is 12. The van der Waals surface area contributed by atoms with E-state index in [4.69, 9.17) is 28.4 Å². The molecule has 12 heteroatoms. The molecule has 0 amide bonds. The number of benzene rings is 1. The first kappa shape index (κ1) is 34.7. The van der Waals surface area contributed by atoms with Gasteiger partial charge in [-0.2, -0.15) is 0 Å². The number of aliphatic hydroxyl groups is 1. The summed E-state index contributed by atoms with van der Waals surface area (Å²) in [5.74, 6) is -3.71. The second kappa shape index (κ2) is 12.4. The fourth-order valence-corrected chi connectivity index (χ4v) is 7.29. The maximum absolute atomic E-state index is 13.8. The minimum absolute atomic E-state index is 0.0887. The number of hydrogen-bond donors (Lipinski definition) is 1. The Labute approximate surface area is 275 Å². The average Bonchev–Trinajstić information content (AvgIpc) is 3.30. The van der Waals surface area contributed by atoms with Crippen LogP contribution in [0.1, 0.15) is 91.7 Å². The molecule has 2 bridgehead atoms. The molecular formula is C35H47NO11. The highest BCUT2D eigenvalue weighted by atomic mass is 16.7. The molecular weight excluding hydrogens is 610 g/mol. The van der Waals surface area contributed by atoms with Crippen LogP contribution in [0.2, 0.25) is 0 Å². The number of carbonyl (C=O) groups excluding carboxylic acids is 4. The second-order valence-corrected chi connectivity index (χ2v) is 14.9. The van der Waals surface area contributed by atoms with E-state index in [2.05, 4.69) is 4.90 Å². The van der Waals surface area contributed by atoms with Crippen LogP contribution in [-0.2, 0) is 45.2 Å². The monoisotopic (exact) mass is 657 g/mol. The maximum atomic E-state index is 13.8. The van der Waals surface area contributed by atoms with Crippen LogP contribution >= 0.6 is 0 Å². The van der Waals surface area contributed by atoms with Crippen molar-refractivity contribution in [2.45, 2.75) is 121 Å². The number of unbranched alkanes of at least 4 members (excludes halogenated alkanes) is 1. The summed E-state index contributed by atoms with van der Waals surface area (Å²) < 4.78 is 34.3. The summed E-state index contributed by atoms with van der Waals surface area (Å²) in [5.41, 5.74) is -2.35. The highest BCUT2D eigenvalue weighted by Gasteiger charge is 2.72. The smallest absolute Gasteiger partial charge is 0.477 e. The van der Waals surface area contributed by atoms with E-state index in [1.165, 1.54) is 0 Å². The number of piperidine rings is 1. The quantitative estimate of drug-likeness (QED) is 0.131. The Kier molecular flexibility index (Phi) is 9.17. The van der Waals surface area contributed by atoms with Gasteiger partial charge in [0.1, 0.15) is 17.0 Å². The van der Waals surface area contributed by atoms with Gasteiger partial charge in [0.2, 0.25) is 0 Å². The number of rotatable bonds is 9. The van der Waals surface area contributed by atoms with Crippen LogP contribution in [0.25, 0.3) is 0 Å². The van der Waals surface area contributed by atoms with Gasteiger partial charge in [-0.05, 0) is 92.1 Å². The lowest BCUT2D eigenvalue weighted by Crippen LogP contribution is -2.74. The van der Waals surface area contributed by atoms with Gasteiger partial charge >= 0.3 is 24.1 Å². The lowest BCUT2D eigenvalue weighted by atomic mass is 9.50. The van der Waals surface area contributed by atoms with Gasteiger partial charge in [0.05, 0.1) is 24.0 Å². The van der Waals surface area contributed by atoms with Crippen LogP contribution in [0.15, 0.2) is 24.0 Å². The molecule has 1 fully saturated rings. The molecule has 4 aliphatic rings. The Balaban J connectivity index is 1.49. The van der Waals surface area contributed by atoms with Gasteiger partial charge in [0, 0.05) is 18.0 Å². The molecule has 47 heavy (non-hydrogen) atoms. The van der Waals surface area contributed by atoms with Gasteiger partial charge in [-0.25, -0.2) is 4.79 Å². The predicted molar refractivity (Wildman–Crippen MR) is 168 cm³/mol. The zero-order chi connectivity index (χ0) is 34.5. The lowest BCUT2D eigenvalue weighted by molar-refractivity contribution is -0.176. The highest BCUT2D eigenvalue weighted by Crippen LogP contribution is 2.65. The summed E-state index contributed by atoms with van der Waals surface area (Å²) in [4.78, 5) is 54.5. The van der Waals surface area contributed by atoms with Crippen LogP contribution in [0.5, 0.6) is 11.5 Å². The molecule has 1 aromatic carbocycles. The van der Waals surface area contributed by atoms with Gasteiger partial charge < -0.3 is 38.4 Å². The van der Waals surface area contributed by atoms with E-state index in [0.29, 0.717) is 31.4 Å². The first-order chi connectivity index (χ1) is 21.9. The fourth-order valence-electron chi connectivity index (χ4n) is 7.29. The number of esters is 3. The van der Waals surface area contributed by atoms with Crippen molar-refractivity contribution >= 4 is 24.1 Å². The zero-order valence-electron chi connectivity index (χ0n) is 28.6. The van der Waals surface area contributed by atoms with Crippen molar-refractivity contribution in [3.63, 3.8) is 0 Å². The predicted octanol–water partition coefficient (Wildman–Crippen LogP) is 4.51.